The molecular weight excluding hydrogens is 394 g/mol. The summed E-state index contributed by atoms with van der Waals surface area (Å²) < 4.78 is 5.65. The Morgan fingerprint density at radius 1 is 1.30 bits per heavy atom. The van der Waals surface area contributed by atoms with Crippen LogP contribution in [0.4, 0.5) is 0 Å². The van der Waals surface area contributed by atoms with E-state index in [0.717, 1.165) is 58.1 Å². The van der Waals surface area contributed by atoms with Crippen molar-refractivity contribution in [1.82, 2.24) is 20.5 Å². The fourth-order valence-electron chi connectivity index (χ4n) is 3.55. The maximum atomic E-state index is 5.65. The number of aryl methyl sites for hydroxylation is 1. The van der Waals surface area contributed by atoms with Crippen molar-refractivity contribution >= 4 is 17.3 Å². The molecule has 6 nitrogen and oxygen atoms in total. The average molecular weight is 430 g/mol. The number of benzene rings is 1. The number of aliphatic imine (C=N–C) groups is 1. The van der Waals surface area contributed by atoms with Crippen molar-refractivity contribution < 1.29 is 4.74 Å². The molecule has 1 aromatic heterocycles. The van der Waals surface area contributed by atoms with Gasteiger partial charge in [0.05, 0.1) is 24.3 Å². The predicted molar refractivity (Wildman–Crippen MR) is 125 cm³/mol. The van der Waals surface area contributed by atoms with E-state index < -0.39 is 0 Å². The number of thiazole rings is 1. The van der Waals surface area contributed by atoms with Gasteiger partial charge in [0.15, 0.2) is 5.96 Å². The topological polar surface area (TPSA) is 61.8 Å². The van der Waals surface area contributed by atoms with E-state index in [0.29, 0.717) is 12.6 Å². The number of ether oxygens (including phenoxy) is 1. The van der Waals surface area contributed by atoms with Crippen molar-refractivity contribution in [3.63, 3.8) is 0 Å². The molecule has 1 fully saturated rings. The molecule has 2 heterocycles. The summed E-state index contributed by atoms with van der Waals surface area (Å²) in [7, 11) is 0. The second kappa shape index (κ2) is 12.0. The van der Waals surface area contributed by atoms with Crippen LogP contribution in [-0.4, -0.2) is 54.7 Å². The van der Waals surface area contributed by atoms with Crippen LogP contribution in [0.25, 0.3) is 0 Å². The van der Waals surface area contributed by atoms with Crippen LogP contribution < -0.4 is 10.6 Å². The maximum absolute atomic E-state index is 5.65. The number of morpholine rings is 1. The minimum atomic E-state index is 0.318. The second-order valence-corrected chi connectivity index (χ2v) is 8.88. The Labute approximate surface area is 184 Å². The van der Waals surface area contributed by atoms with Gasteiger partial charge >= 0.3 is 0 Å². The van der Waals surface area contributed by atoms with Crippen LogP contribution in [0.3, 0.4) is 0 Å². The number of nitrogens with zero attached hydrogens (tertiary/aromatic N) is 3. The first-order chi connectivity index (χ1) is 14.7. The van der Waals surface area contributed by atoms with Crippen LogP contribution >= 0.6 is 11.3 Å². The summed E-state index contributed by atoms with van der Waals surface area (Å²) in [4.78, 5) is 13.1. The molecule has 164 valence electrons. The second-order valence-electron chi connectivity index (χ2n) is 7.68. The zero-order chi connectivity index (χ0) is 21.2. The van der Waals surface area contributed by atoms with Gasteiger partial charge < -0.3 is 15.4 Å². The van der Waals surface area contributed by atoms with Gasteiger partial charge in [-0.3, -0.25) is 4.90 Å². The Kier molecular flexibility index (Phi) is 9.11. The molecule has 0 saturated carbocycles. The molecule has 3 rings (SSSR count). The number of guanidine groups is 1. The highest BCUT2D eigenvalue weighted by molar-refractivity contribution is 7.11. The molecule has 1 saturated heterocycles. The maximum Gasteiger partial charge on any atom is 0.191 e. The van der Waals surface area contributed by atoms with Crippen molar-refractivity contribution in [1.29, 1.82) is 0 Å². The number of nitrogens with one attached hydrogen (secondary N) is 2. The normalized spacial score (nSPS) is 17.8. The highest BCUT2D eigenvalue weighted by atomic mass is 32.1. The van der Waals surface area contributed by atoms with Gasteiger partial charge in [-0.05, 0) is 31.4 Å². The fourth-order valence-corrected chi connectivity index (χ4v) is 4.41. The Hall–Kier alpha value is -1.96. The quantitative estimate of drug-likeness (QED) is 0.473. The Morgan fingerprint density at radius 2 is 2.17 bits per heavy atom. The summed E-state index contributed by atoms with van der Waals surface area (Å²) >= 11 is 1.80. The highest BCUT2D eigenvalue weighted by Crippen LogP contribution is 2.14. The van der Waals surface area contributed by atoms with E-state index in [1.54, 1.807) is 11.3 Å². The molecule has 0 bridgehead atoms. The van der Waals surface area contributed by atoms with E-state index in [4.69, 9.17) is 9.73 Å². The summed E-state index contributed by atoms with van der Waals surface area (Å²) in [5, 5.41) is 7.96. The van der Waals surface area contributed by atoms with Gasteiger partial charge in [-0.2, -0.15) is 0 Å². The van der Waals surface area contributed by atoms with Crippen LogP contribution in [0.1, 0.15) is 41.8 Å². The van der Waals surface area contributed by atoms with Crippen molar-refractivity contribution in [2.45, 2.75) is 52.8 Å². The SMILES string of the molecule is CCNC(=NCc1cccc(CN2CCOC(C)C2)c1)NCCc1ncc(CC)s1. The largest absolute Gasteiger partial charge is 0.376 e. The first-order valence-electron chi connectivity index (χ1n) is 11.0. The van der Waals surface area contributed by atoms with Gasteiger partial charge in [0.25, 0.3) is 0 Å². The molecule has 0 spiro atoms. The smallest absolute Gasteiger partial charge is 0.191 e. The average Bonchev–Trinajstić information content (AvgIpc) is 3.20. The van der Waals surface area contributed by atoms with Gasteiger partial charge in [-0.1, -0.05) is 31.2 Å². The van der Waals surface area contributed by atoms with Gasteiger partial charge in [0.1, 0.15) is 0 Å². The van der Waals surface area contributed by atoms with E-state index in [9.17, 15) is 0 Å². The lowest BCUT2D eigenvalue weighted by Gasteiger charge is -2.31. The van der Waals surface area contributed by atoms with Crippen LogP contribution in [0, 0.1) is 0 Å². The van der Waals surface area contributed by atoms with Gasteiger partial charge in [0, 0.05) is 50.2 Å². The number of hydrogen-bond donors (Lipinski definition) is 2. The highest BCUT2D eigenvalue weighted by Gasteiger charge is 2.16. The van der Waals surface area contributed by atoms with Gasteiger partial charge in [-0.15, -0.1) is 11.3 Å². The van der Waals surface area contributed by atoms with Crippen LogP contribution in [0.5, 0.6) is 0 Å². The van der Waals surface area contributed by atoms with Gasteiger partial charge in [-0.25, -0.2) is 9.98 Å². The number of aromatic nitrogens is 1. The monoisotopic (exact) mass is 429 g/mol. The Bertz CT molecular complexity index is 806. The van der Waals surface area contributed by atoms with Crippen molar-refractivity contribution in [3.05, 3.63) is 51.5 Å². The molecule has 0 radical (unpaired) electrons. The standard InChI is InChI=1S/C23H35N5OS/c1-4-21-15-26-22(30-21)9-10-25-23(24-5-2)27-14-19-7-6-8-20(13-19)17-28-11-12-29-18(3)16-28/h6-8,13,15,18H,4-5,9-12,14,16-17H2,1-3H3,(H2,24,25,27). The molecule has 1 atom stereocenters. The molecule has 1 aliphatic heterocycles. The third-order valence-corrected chi connectivity index (χ3v) is 6.27. The Balaban J connectivity index is 1.51. The van der Waals surface area contributed by atoms with E-state index in [2.05, 4.69) is 65.6 Å². The van der Waals surface area contributed by atoms with Crippen molar-refractivity contribution in [2.24, 2.45) is 4.99 Å². The van der Waals surface area contributed by atoms with Crippen LogP contribution in [0.2, 0.25) is 0 Å². The molecule has 2 aromatic rings. The molecule has 0 aliphatic carbocycles. The van der Waals surface area contributed by atoms with Crippen molar-refractivity contribution in [2.75, 3.05) is 32.8 Å². The van der Waals surface area contributed by atoms with Crippen LogP contribution in [-0.2, 0) is 30.7 Å². The summed E-state index contributed by atoms with van der Waals surface area (Å²) in [6.07, 6.45) is 4.28. The Morgan fingerprint density at radius 3 is 2.93 bits per heavy atom. The lowest BCUT2D eigenvalue weighted by molar-refractivity contribution is -0.0212. The van der Waals surface area contributed by atoms with Crippen molar-refractivity contribution in [3.8, 4) is 0 Å². The molecular formula is C23H35N5OS. The molecule has 1 aromatic carbocycles. The summed E-state index contributed by atoms with van der Waals surface area (Å²) in [6.45, 7) is 12.5. The van der Waals surface area contributed by atoms with Crippen LogP contribution in [0.15, 0.2) is 35.5 Å². The zero-order valence-corrected chi connectivity index (χ0v) is 19.3. The first-order valence-corrected chi connectivity index (χ1v) is 11.9. The molecule has 1 unspecified atom stereocenters. The predicted octanol–water partition coefficient (Wildman–Crippen LogP) is 3.22. The summed E-state index contributed by atoms with van der Waals surface area (Å²) in [6, 6.07) is 8.77. The fraction of sp³-hybridized carbons (Fsp3) is 0.565. The molecule has 2 N–H and O–H groups in total. The lowest BCUT2D eigenvalue weighted by atomic mass is 10.1. The zero-order valence-electron chi connectivity index (χ0n) is 18.5. The minimum Gasteiger partial charge on any atom is -0.376 e. The summed E-state index contributed by atoms with van der Waals surface area (Å²) in [5.74, 6) is 0.858. The minimum absolute atomic E-state index is 0.318. The first kappa shape index (κ1) is 22.7. The summed E-state index contributed by atoms with van der Waals surface area (Å²) in [5.41, 5.74) is 2.57. The van der Waals surface area contributed by atoms with E-state index >= 15 is 0 Å². The van der Waals surface area contributed by atoms with E-state index in [1.165, 1.54) is 21.0 Å². The third-order valence-electron chi connectivity index (χ3n) is 5.07. The van der Waals surface area contributed by atoms with E-state index in [1.807, 2.05) is 6.20 Å². The third kappa shape index (κ3) is 7.38. The molecule has 0 amide bonds. The lowest BCUT2D eigenvalue weighted by Crippen LogP contribution is -2.40. The van der Waals surface area contributed by atoms with E-state index in [-0.39, 0.29) is 0 Å². The van der Waals surface area contributed by atoms with Gasteiger partial charge in [0.2, 0.25) is 0 Å². The number of rotatable bonds is 9. The molecule has 30 heavy (non-hydrogen) atoms. The molecule has 7 heteroatoms. The molecule has 1 aliphatic rings. The number of hydrogen-bond acceptors (Lipinski definition) is 5.